The van der Waals surface area contributed by atoms with E-state index in [0.717, 1.165) is 0 Å². The summed E-state index contributed by atoms with van der Waals surface area (Å²) in [6, 6.07) is 0. The molecule has 0 aromatic heterocycles. The first kappa shape index (κ1) is 7.87. The van der Waals surface area contributed by atoms with Crippen LogP contribution in [0.3, 0.4) is 0 Å². The zero-order valence-electron chi connectivity index (χ0n) is 5.78. The SMILES string of the molecule is O=CCON1C(=O)CCC1=O. The second kappa shape index (κ2) is 3.25. The molecule has 0 N–H and O–H groups in total. The van der Waals surface area contributed by atoms with Gasteiger partial charge in [-0.1, -0.05) is 0 Å². The number of hydrogen-bond acceptors (Lipinski definition) is 4. The molecule has 60 valence electrons. The number of nitrogens with zero attached hydrogens (tertiary/aromatic N) is 1. The first-order valence-electron chi connectivity index (χ1n) is 3.18. The van der Waals surface area contributed by atoms with Crippen molar-refractivity contribution in [3.05, 3.63) is 0 Å². The molecule has 5 heteroatoms. The molecule has 5 nitrogen and oxygen atoms in total. The third kappa shape index (κ3) is 1.62. The van der Waals surface area contributed by atoms with E-state index in [1.165, 1.54) is 0 Å². The first-order valence-corrected chi connectivity index (χ1v) is 3.18. The van der Waals surface area contributed by atoms with Crippen LogP contribution in [0.4, 0.5) is 0 Å². The van der Waals surface area contributed by atoms with Gasteiger partial charge in [-0.2, -0.15) is 5.06 Å². The van der Waals surface area contributed by atoms with Gasteiger partial charge in [0.1, 0.15) is 12.9 Å². The van der Waals surface area contributed by atoms with Gasteiger partial charge < -0.3 is 4.79 Å². The van der Waals surface area contributed by atoms with Crippen LogP contribution in [0.15, 0.2) is 0 Å². The number of rotatable bonds is 3. The van der Waals surface area contributed by atoms with Gasteiger partial charge in [0, 0.05) is 12.8 Å². The molecule has 11 heavy (non-hydrogen) atoms. The summed E-state index contributed by atoms with van der Waals surface area (Å²) in [6.07, 6.45) is 0.842. The molecule has 1 aliphatic heterocycles. The normalized spacial score (nSPS) is 17.6. The smallest absolute Gasteiger partial charge is 0.254 e. The lowest BCUT2D eigenvalue weighted by Gasteiger charge is -2.09. The molecule has 0 spiro atoms. The lowest BCUT2D eigenvalue weighted by atomic mass is 10.4. The van der Waals surface area contributed by atoms with Gasteiger partial charge in [-0.3, -0.25) is 14.4 Å². The fourth-order valence-electron chi connectivity index (χ4n) is 0.805. The van der Waals surface area contributed by atoms with Crippen LogP contribution >= 0.6 is 0 Å². The summed E-state index contributed by atoms with van der Waals surface area (Å²) in [4.78, 5) is 35.9. The maximum atomic E-state index is 10.8. The van der Waals surface area contributed by atoms with E-state index < -0.39 is 0 Å². The fourth-order valence-corrected chi connectivity index (χ4v) is 0.805. The summed E-state index contributed by atoms with van der Waals surface area (Å²) in [6.45, 7) is -0.253. The highest BCUT2D eigenvalue weighted by Gasteiger charge is 2.29. The molecule has 0 aromatic rings. The lowest BCUT2D eigenvalue weighted by molar-refractivity contribution is -0.186. The zero-order chi connectivity index (χ0) is 8.27. The highest BCUT2D eigenvalue weighted by atomic mass is 16.7. The van der Waals surface area contributed by atoms with E-state index in [1.54, 1.807) is 0 Å². The van der Waals surface area contributed by atoms with E-state index in [4.69, 9.17) is 0 Å². The molecular weight excluding hydrogens is 150 g/mol. The summed E-state index contributed by atoms with van der Waals surface area (Å²) in [5, 5.41) is 0.647. The number of aldehydes is 1. The standard InChI is InChI=1S/C6H7NO4/c8-3-4-11-7-5(9)1-2-6(7)10/h3H,1-2,4H2. The predicted molar refractivity (Wildman–Crippen MR) is 33.1 cm³/mol. The number of carbonyl (C=O) groups excluding carboxylic acids is 3. The van der Waals surface area contributed by atoms with Gasteiger partial charge in [0.15, 0.2) is 0 Å². The average Bonchev–Trinajstić information content (AvgIpc) is 2.29. The fraction of sp³-hybridized carbons (Fsp3) is 0.500. The second-order valence-corrected chi connectivity index (χ2v) is 2.04. The number of imide groups is 1. The van der Waals surface area contributed by atoms with Gasteiger partial charge in [-0.25, -0.2) is 0 Å². The van der Waals surface area contributed by atoms with Crippen molar-refractivity contribution < 1.29 is 19.2 Å². The molecule has 0 radical (unpaired) electrons. The van der Waals surface area contributed by atoms with Crippen molar-refractivity contribution in [3.63, 3.8) is 0 Å². The lowest BCUT2D eigenvalue weighted by Crippen LogP contribution is -2.29. The maximum absolute atomic E-state index is 10.8. The minimum Gasteiger partial charge on any atom is -0.301 e. The number of carbonyl (C=O) groups is 3. The highest BCUT2D eigenvalue weighted by molar-refractivity contribution is 6.00. The minimum atomic E-state index is -0.378. The Kier molecular flexibility index (Phi) is 2.32. The molecule has 0 saturated carbocycles. The molecule has 2 amide bonds. The Hall–Kier alpha value is -1.23. The molecule has 0 bridgehead atoms. The first-order chi connectivity index (χ1) is 5.25. The van der Waals surface area contributed by atoms with Crippen LogP contribution in [-0.4, -0.2) is 29.8 Å². The van der Waals surface area contributed by atoms with E-state index in [-0.39, 0.29) is 31.3 Å². The summed E-state index contributed by atoms with van der Waals surface area (Å²) >= 11 is 0. The summed E-state index contributed by atoms with van der Waals surface area (Å²) in [7, 11) is 0. The van der Waals surface area contributed by atoms with E-state index in [0.29, 0.717) is 11.3 Å². The molecule has 0 aliphatic carbocycles. The Morgan fingerprint density at radius 1 is 1.36 bits per heavy atom. The van der Waals surface area contributed by atoms with E-state index in [9.17, 15) is 14.4 Å². The Morgan fingerprint density at radius 2 is 1.91 bits per heavy atom. The topological polar surface area (TPSA) is 63.7 Å². The molecule has 0 aromatic carbocycles. The van der Waals surface area contributed by atoms with Crippen molar-refractivity contribution in [2.24, 2.45) is 0 Å². The molecule has 1 saturated heterocycles. The van der Waals surface area contributed by atoms with Crippen molar-refractivity contribution in [1.29, 1.82) is 0 Å². The molecule has 0 atom stereocenters. The Balaban J connectivity index is 2.47. The summed E-state index contributed by atoms with van der Waals surface area (Å²) < 4.78 is 0. The van der Waals surface area contributed by atoms with Crippen molar-refractivity contribution in [1.82, 2.24) is 5.06 Å². The maximum Gasteiger partial charge on any atom is 0.254 e. The van der Waals surface area contributed by atoms with Gasteiger partial charge in [0.05, 0.1) is 0 Å². The van der Waals surface area contributed by atoms with Crippen LogP contribution in [0, 0.1) is 0 Å². The third-order valence-corrected chi connectivity index (χ3v) is 1.28. The molecule has 1 fully saturated rings. The third-order valence-electron chi connectivity index (χ3n) is 1.28. The van der Waals surface area contributed by atoms with Crippen LogP contribution in [0.25, 0.3) is 0 Å². The minimum absolute atomic E-state index is 0.178. The number of hydroxylamine groups is 2. The van der Waals surface area contributed by atoms with Crippen molar-refractivity contribution in [3.8, 4) is 0 Å². The van der Waals surface area contributed by atoms with Crippen LogP contribution in [0.2, 0.25) is 0 Å². The van der Waals surface area contributed by atoms with Crippen molar-refractivity contribution >= 4 is 18.1 Å². The Bertz CT molecular complexity index is 185. The van der Waals surface area contributed by atoms with E-state index in [2.05, 4.69) is 4.84 Å². The van der Waals surface area contributed by atoms with Gasteiger partial charge in [-0.15, -0.1) is 0 Å². The molecule has 1 rings (SSSR count). The number of hydrogen-bond donors (Lipinski definition) is 0. The van der Waals surface area contributed by atoms with E-state index >= 15 is 0 Å². The summed E-state index contributed by atoms with van der Waals surface area (Å²) in [5.74, 6) is -0.756. The van der Waals surface area contributed by atoms with Crippen LogP contribution < -0.4 is 0 Å². The molecule has 1 aliphatic rings. The quantitative estimate of drug-likeness (QED) is 0.400. The number of amides is 2. The van der Waals surface area contributed by atoms with E-state index in [1.807, 2.05) is 0 Å². The van der Waals surface area contributed by atoms with Crippen LogP contribution in [0.1, 0.15) is 12.8 Å². The monoisotopic (exact) mass is 157 g/mol. The van der Waals surface area contributed by atoms with Gasteiger partial charge in [0.25, 0.3) is 11.8 Å². The van der Waals surface area contributed by atoms with Crippen molar-refractivity contribution in [2.45, 2.75) is 12.8 Å². The Morgan fingerprint density at radius 3 is 2.36 bits per heavy atom. The Labute approximate surface area is 62.9 Å². The predicted octanol–water partition coefficient (Wildman–Crippen LogP) is -0.734. The largest absolute Gasteiger partial charge is 0.301 e. The van der Waals surface area contributed by atoms with Crippen LogP contribution in [0.5, 0.6) is 0 Å². The molecule has 1 heterocycles. The molecular formula is C6H7NO4. The molecule has 0 unspecified atom stereocenters. The van der Waals surface area contributed by atoms with Gasteiger partial charge in [-0.05, 0) is 0 Å². The second-order valence-electron chi connectivity index (χ2n) is 2.04. The van der Waals surface area contributed by atoms with Crippen molar-refractivity contribution in [2.75, 3.05) is 6.61 Å². The zero-order valence-corrected chi connectivity index (χ0v) is 5.78. The van der Waals surface area contributed by atoms with Crippen LogP contribution in [-0.2, 0) is 19.2 Å². The summed E-state index contributed by atoms with van der Waals surface area (Å²) in [5.41, 5.74) is 0. The average molecular weight is 157 g/mol. The van der Waals surface area contributed by atoms with Gasteiger partial charge >= 0.3 is 0 Å². The highest BCUT2D eigenvalue weighted by Crippen LogP contribution is 2.10. The van der Waals surface area contributed by atoms with Gasteiger partial charge in [0.2, 0.25) is 0 Å².